The van der Waals surface area contributed by atoms with E-state index in [1.54, 1.807) is 12.1 Å². The molecule has 0 aliphatic carbocycles. The number of anilines is 1. The van der Waals surface area contributed by atoms with Crippen molar-refractivity contribution in [3.05, 3.63) is 29.0 Å². The van der Waals surface area contributed by atoms with Gasteiger partial charge in [0, 0.05) is 11.1 Å². The van der Waals surface area contributed by atoms with E-state index in [1.807, 2.05) is 13.8 Å². The van der Waals surface area contributed by atoms with E-state index in [4.69, 9.17) is 16.3 Å². The molecule has 1 aliphatic rings. The van der Waals surface area contributed by atoms with E-state index in [2.05, 4.69) is 5.32 Å². The highest BCUT2D eigenvalue weighted by molar-refractivity contribution is 6.30. The Hall–Kier alpha value is -0.800. The van der Waals surface area contributed by atoms with Crippen LogP contribution in [0, 0.1) is 5.82 Å². The smallest absolute Gasteiger partial charge is 0.147 e. The van der Waals surface area contributed by atoms with Crippen molar-refractivity contribution in [1.29, 1.82) is 0 Å². The van der Waals surface area contributed by atoms with E-state index in [0.29, 0.717) is 10.7 Å². The third kappa shape index (κ3) is 3.33. The average molecular weight is 258 g/mol. The summed E-state index contributed by atoms with van der Waals surface area (Å²) < 4.78 is 19.3. The molecular formula is C13H17ClFNO. The summed E-state index contributed by atoms with van der Waals surface area (Å²) in [6.45, 7) is 4.09. The van der Waals surface area contributed by atoms with Crippen LogP contribution in [0.1, 0.15) is 26.7 Å². The molecule has 1 aliphatic heterocycles. The quantitative estimate of drug-likeness (QED) is 0.869. The van der Waals surface area contributed by atoms with Gasteiger partial charge in [0.15, 0.2) is 0 Å². The van der Waals surface area contributed by atoms with Crippen LogP contribution in [0.2, 0.25) is 5.02 Å². The molecule has 0 spiro atoms. The number of halogens is 2. The fourth-order valence-corrected chi connectivity index (χ4v) is 2.51. The van der Waals surface area contributed by atoms with Gasteiger partial charge >= 0.3 is 0 Å². The highest BCUT2D eigenvalue weighted by Gasteiger charge is 2.24. The largest absolute Gasteiger partial charge is 0.380 e. The standard InChI is InChI=1S/C13H17ClFNO/c1-8-5-11(6-9(2)17-8)16-13-4-3-10(14)7-12(13)15/h3-4,7-9,11,16H,5-6H2,1-2H3. The first kappa shape index (κ1) is 12.7. The average Bonchev–Trinajstić information content (AvgIpc) is 2.21. The summed E-state index contributed by atoms with van der Waals surface area (Å²) in [5, 5.41) is 3.64. The van der Waals surface area contributed by atoms with Gasteiger partial charge < -0.3 is 10.1 Å². The minimum absolute atomic E-state index is 0.214. The van der Waals surface area contributed by atoms with Gasteiger partial charge in [-0.2, -0.15) is 0 Å². The highest BCUT2D eigenvalue weighted by Crippen LogP contribution is 2.25. The lowest BCUT2D eigenvalue weighted by atomic mass is 9.99. The SMILES string of the molecule is CC1CC(Nc2ccc(Cl)cc2F)CC(C)O1. The molecule has 17 heavy (non-hydrogen) atoms. The molecule has 0 aromatic heterocycles. The third-order valence-corrected chi connectivity index (χ3v) is 3.22. The molecule has 1 saturated heterocycles. The van der Waals surface area contributed by atoms with Gasteiger partial charge in [-0.05, 0) is 44.9 Å². The Labute approximate surface area is 106 Å². The van der Waals surface area contributed by atoms with Crippen LogP contribution in [0.3, 0.4) is 0 Å². The summed E-state index contributed by atoms with van der Waals surface area (Å²) in [5.41, 5.74) is 0.515. The second kappa shape index (κ2) is 5.23. The minimum Gasteiger partial charge on any atom is -0.380 e. The topological polar surface area (TPSA) is 21.3 Å². The third-order valence-electron chi connectivity index (χ3n) is 2.99. The maximum Gasteiger partial charge on any atom is 0.147 e. The van der Waals surface area contributed by atoms with Crippen LogP contribution in [0.5, 0.6) is 0 Å². The Bertz CT molecular complexity index is 389. The van der Waals surface area contributed by atoms with Crippen molar-refractivity contribution in [2.45, 2.75) is 44.9 Å². The summed E-state index contributed by atoms with van der Waals surface area (Å²) in [6.07, 6.45) is 2.22. The first-order chi connectivity index (χ1) is 8.04. The van der Waals surface area contributed by atoms with E-state index in [9.17, 15) is 4.39 Å². The van der Waals surface area contributed by atoms with Crippen LogP contribution in [0.15, 0.2) is 18.2 Å². The van der Waals surface area contributed by atoms with Crippen LogP contribution < -0.4 is 5.32 Å². The summed E-state index contributed by atoms with van der Waals surface area (Å²) in [6, 6.07) is 4.96. The van der Waals surface area contributed by atoms with E-state index >= 15 is 0 Å². The van der Waals surface area contributed by atoms with Crippen LogP contribution in [0.25, 0.3) is 0 Å². The van der Waals surface area contributed by atoms with Gasteiger partial charge in [0.1, 0.15) is 5.82 Å². The minimum atomic E-state index is -0.302. The van der Waals surface area contributed by atoms with Crippen molar-refractivity contribution >= 4 is 17.3 Å². The Kier molecular flexibility index (Phi) is 3.89. The lowest BCUT2D eigenvalue weighted by Crippen LogP contribution is -2.37. The van der Waals surface area contributed by atoms with Gasteiger partial charge in [-0.25, -0.2) is 4.39 Å². The number of hydrogen-bond donors (Lipinski definition) is 1. The summed E-state index contributed by atoms with van der Waals surface area (Å²) >= 11 is 5.72. The van der Waals surface area contributed by atoms with Gasteiger partial charge in [-0.15, -0.1) is 0 Å². The van der Waals surface area contributed by atoms with E-state index < -0.39 is 0 Å². The van der Waals surface area contributed by atoms with E-state index in [-0.39, 0.29) is 24.1 Å². The molecule has 2 unspecified atom stereocenters. The molecule has 0 bridgehead atoms. The van der Waals surface area contributed by atoms with Crippen molar-refractivity contribution in [1.82, 2.24) is 0 Å². The number of rotatable bonds is 2. The molecule has 1 N–H and O–H groups in total. The molecule has 0 radical (unpaired) electrons. The second-order valence-electron chi connectivity index (χ2n) is 4.69. The predicted octanol–water partition coefficient (Wildman–Crippen LogP) is 3.85. The van der Waals surface area contributed by atoms with Crippen LogP contribution in [-0.2, 0) is 4.74 Å². The van der Waals surface area contributed by atoms with Gasteiger partial charge in [-0.1, -0.05) is 11.6 Å². The zero-order valence-electron chi connectivity index (χ0n) is 10.0. The number of ether oxygens (including phenoxy) is 1. The molecule has 4 heteroatoms. The predicted molar refractivity (Wildman–Crippen MR) is 68.1 cm³/mol. The van der Waals surface area contributed by atoms with E-state index in [1.165, 1.54) is 6.07 Å². The van der Waals surface area contributed by atoms with Gasteiger partial charge in [-0.3, -0.25) is 0 Å². The van der Waals surface area contributed by atoms with Crippen molar-refractivity contribution in [2.75, 3.05) is 5.32 Å². The molecule has 1 heterocycles. The summed E-state index contributed by atoms with van der Waals surface area (Å²) in [5.74, 6) is -0.302. The lowest BCUT2D eigenvalue weighted by molar-refractivity contribution is -0.0338. The lowest BCUT2D eigenvalue weighted by Gasteiger charge is -2.33. The Balaban J connectivity index is 2.04. The maximum absolute atomic E-state index is 13.6. The molecule has 1 fully saturated rings. The maximum atomic E-state index is 13.6. The molecule has 2 nitrogen and oxygen atoms in total. The molecule has 0 amide bonds. The van der Waals surface area contributed by atoms with Crippen molar-refractivity contribution in [2.24, 2.45) is 0 Å². The highest BCUT2D eigenvalue weighted by atomic mass is 35.5. The Morgan fingerprint density at radius 2 is 1.94 bits per heavy atom. The van der Waals surface area contributed by atoms with Crippen molar-refractivity contribution < 1.29 is 9.13 Å². The molecule has 1 aromatic rings. The fraction of sp³-hybridized carbons (Fsp3) is 0.538. The number of hydrogen-bond acceptors (Lipinski definition) is 2. The molecule has 1 aromatic carbocycles. The zero-order chi connectivity index (χ0) is 12.4. The summed E-state index contributed by atoms with van der Waals surface area (Å²) in [4.78, 5) is 0. The fourth-order valence-electron chi connectivity index (χ4n) is 2.35. The number of nitrogens with one attached hydrogen (secondary N) is 1. The van der Waals surface area contributed by atoms with Crippen molar-refractivity contribution in [3.8, 4) is 0 Å². The van der Waals surface area contributed by atoms with E-state index in [0.717, 1.165) is 12.8 Å². The Morgan fingerprint density at radius 3 is 2.53 bits per heavy atom. The molecule has 2 atom stereocenters. The normalized spacial score (nSPS) is 29.1. The molecular weight excluding hydrogens is 241 g/mol. The monoisotopic (exact) mass is 257 g/mol. The van der Waals surface area contributed by atoms with Gasteiger partial charge in [0.05, 0.1) is 17.9 Å². The molecule has 94 valence electrons. The molecule has 0 saturated carbocycles. The Morgan fingerprint density at radius 1 is 1.29 bits per heavy atom. The van der Waals surface area contributed by atoms with Crippen LogP contribution >= 0.6 is 11.6 Å². The van der Waals surface area contributed by atoms with Crippen molar-refractivity contribution in [3.63, 3.8) is 0 Å². The van der Waals surface area contributed by atoms with Crippen LogP contribution in [0.4, 0.5) is 10.1 Å². The first-order valence-corrected chi connectivity index (χ1v) is 6.29. The van der Waals surface area contributed by atoms with Gasteiger partial charge in [0.2, 0.25) is 0 Å². The summed E-state index contributed by atoms with van der Waals surface area (Å²) in [7, 11) is 0. The van der Waals surface area contributed by atoms with Crippen LogP contribution in [-0.4, -0.2) is 18.2 Å². The second-order valence-corrected chi connectivity index (χ2v) is 5.13. The zero-order valence-corrected chi connectivity index (χ0v) is 10.8. The van der Waals surface area contributed by atoms with Gasteiger partial charge in [0.25, 0.3) is 0 Å². The first-order valence-electron chi connectivity index (χ1n) is 5.91. The molecule has 2 rings (SSSR count). The number of benzene rings is 1.